The van der Waals surface area contributed by atoms with Crippen LogP contribution in [0.4, 0.5) is 4.39 Å². The van der Waals surface area contributed by atoms with Crippen molar-refractivity contribution in [2.24, 2.45) is 0 Å². The molecular formula is C23H23FN6O. The van der Waals surface area contributed by atoms with Gasteiger partial charge in [-0.3, -0.25) is 19.1 Å². The number of nitrogens with zero attached hydrogens (tertiary/aromatic N) is 5. The van der Waals surface area contributed by atoms with Crippen LogP contribution in [0.5, 0.6) is 0 Å². The average molecular weight is 418 g/mol. The van der Waals surface area contributed by atoms with E-state index in [1.165, 1.54) is 12.1 Å². The maximum absolute atomic E-state index is 13.5. The van der Waals surface area contributed by atoms with Gasteiger partial charge in [-0.25, -0.2) is 4.39 Å². The number of hydrogen-bond acceptors (Lipinski definition) is 4. The summed E-state index contributed by atoms with van der Waals surface area (Å²) in [4.78, 5) is 16.5. The molecule has 0 unspecified atom stereocenters. The summed E-state index contributed by atoms with van der Waals surface area (Å²) in [7, 11) is 0. The number of carbonyl (C=O) groups excluding carboxylic acids is 1. The van der Waals surface area contributed by atoms with Gasteiger partial charge in [-0.05, 0) is 48.4 Å². The Morgan fingerprint density at radius 1 is 1.00 bits per heavy atom. The van der Waals surface area contributed by atoms with Crippen LogP contribution in [-0.2, 0) is 13.1 Å². The summed E-state index contributed by atoms with van der Waals surface area (Å²) in [6.45, 7) is 3.69. The van der Waals surface area contributed by atoms with E-state index >= 15 is 0 Å². The Hall–Kier alpha value is -3.81. The van der Waals surface area contributed by atoms with Crippen LogP contribution in [0.25, 0.3) is 22.4 Å². The number of benzene rings is 1. The summed E-state index contributed by atoms with van der Waals surface area (Å²) in [5, 5.41) is 11.6. The molecule has 0 atom stereocenters. The van der Waals surface area contributed by atoms with Crippen LogP contribution in [-0.4, -0.2) is 37.0 Å². The van der Waals surface area contributed by atoms with Gasteiger partial charge in [-0.15, -0.1) is 0 Å². The van der Waals surface area contributed by atoms with E-state index in [4.69, 9.17) is 0 Å². The van der Waals surface area contributed by atoms with Crippen LogP contribution in [0.15, 0.2) is 67.4 Å². The van der Waals surface area contributed by atoms with Crippen LogP contribution in [0.1, 0.15) is 23.7 Å². The van der Waals surface area contributed by atoms with Gasteiger partial charge in [0.05, 0.1) is 30.2 Å². The lowest BCUT2D eigenvalue weighted by Crippen LogP contribution is -2.27. The molecule has 1 amide bonds. The first-order valence-corrected chi connectivity index (χ1v) is 10.2. The largest absolute Gasteiger partial charge is 0.350 e. The number of aryl methyl sites for hydroxylation is 1. The molecule has 0 spiro atoms. The summed E-state index contributed by atoms with van der Waals surface area (Å²) in [5.74, 6) is -0.469. The zero-order valence-electron chi connectivity index (χ0n) is 17.2. The van der Waals surface area contributed by atoms with E-state index in [2.05, 4.69) is 27.4 Å². The fourth-order valence-corrected chi connectivity index (χ4v) is 3.42. The van der Waals surface area contributed by atoms with Crippen molar-refractivity contribution >= 4 is 5.91 Å². The number of hydrogen-bond donors (Lipinski definition) is 1. The van der Waals surface area contributed by atoms with Gasteiger partial charge in [-0.2, -0.15) is 10.2 Å². The van der Waals surface area contributed by atoms with Crippen molar-refractivity contribution < 1.29 is 9.18 Å². The van der Waals surface area contributed by atoms with E-state index < -0.39 is 0 Å². The molecule has 0 aliphatic carbocycles. The molecular weight excluding hydrogens is 395 g/mol. The van der Waals surface area contributed by atoms with Gasteiger partial charge in [-0.1, -0.05) is 6.92 Å². The summed E-state index contributed by atoms with van der Waals surface area (Å²) in [5.41, 5.74) is 4.12. The average Bonchev–Trinajstić information content (AvgIpc) is 3.43. The SMILES string of the molecule is CCCn1cc(C(=O)NCCn2ncc(-c3ccncc3)c2-c2ccc(F)cc2)cn1. The quantitative estimate of drug-likeness (QED) is 0.472. The smallest absolute Gasteiger partial charge is 0.254 e. The molecule has 8 heteroatoms. The number of nitrogens with one attached hydrogen (secondary N) is 1. The molecule has 0 fully saturated rings. The van der Waals surface area contributed by atoms with Crippen LogP contribution in [0.2, 0.25) is 0 Å². The standard InChI is InChI=1S/C23H23FN6O/c1-2-12-29-16-19(14-27-29)23(31)26-11-13-30-22(18-3-5-20(24)6-4-18)21(15-28-30)17-7-9-25-10-8-17/h3-10,14-16H,2,11-13H2,1H3,(H,26,31). The highest BCUT2D eigenvalue weighted by molar-refractivity contribution is 5.93. The number of pyridine rings is 1. The maximum Gasteiger partial charge on any atom is 0.254 e. The van der Waals surface area contributed by atoms with Crippen molar-refractivity contribution in [3.63, 3.8) is 0 Å². The number of amides is 1. The van der Waals surface area contributed by atoms with Crippen molar-refractivity contribution in [2.45, 2.75) is 26.4 Å². The number of halogens is 1. The Bertz CT molecular complexity index is 1150. The minimum Gasteiger partial charge on any atom is -0.350 e. The highest BCUT2D eigenvalue weighted by atomic mass is 19.1. The zero-order valence-corrected chi connectivity index (χ0v) is 17.2. The lowest BCUT2D eigenvalue weighted by atomic mass is 10.0. The molecule has 4 aromatic rings. The van der Waals surface area contributed by atoms with E-state index in [1.807, 2.05) is 16.8 Å². The fourth-order valence-electron chi connectivity index (χ4n) is 3.42. The number of carbonyl (C=O) groups is 1. The first kappa shape index (κ1) is 20.5. The molecule has 0 aliphatic heterocycles. The molecule has 31 heavy (non-hydrogen) atoms. The molecule has 1 N–H and O–H groups in total. The third-order valence-corrected chi connectivity index (χ3v) is 4.91. The first-order chi connectivity index (χ1) is 15.2. The summed E-state index contributed by atoms with van der Waals surface area (Å²) < 4.78 is 17.1. The lowest BCUT2D eigenvalue weighted by molar-refractivity contribution is 0.0952. The van der Waals surface area contributed by atoms with Gasteiger partial charge in [0, 0.05) is 42.8 Å². The maximum atomic E-state index is 13.5. The van der Waals surface area contributed by atoms with Crippen molar-refractivity contribution in [2.75, 3.05) is 6.54 Å². The Morgan fingerprint density at radius 3 is 2.52 bits per heavy atom. The van der Waals surface area contributed by atoms with Crippen molar-refractivity contribution in [1.82, 2.24) is 29.9 Å². The summed E-state index contributed by atoms with van der Waals surface area (Å²) in [6.07, 6.45) is 9.50. The highest BCUT2D eigenvalue weighted by Crippen LogP contribution is 2.31. The molecule has 0 saturated carbocycles. The Labute approximate surface area is 179 Å². The second-order valence-corrected chi connectivity index (χ2v) is 7.12. The predicted molar refractivity (Wildman–Crippen MR) is 116 cm³/mol. The van der Waals surface area contributed by atoms with Crippen LogP contribution < -0.4 is 5.32 Å². The van der Waals surface area contributed by atoms with Gasteiger partial charge in [0.25, 0.3) is 5.91 Å². The third-order valence-electron chi connectivity index (χ3n) is 4.91. The van der Waals surface area contributed by atoms with Crippen molar-refractivity contribution in [3.05, 3.63) is 78.8 Å². The zero-order chi connectivity index (χ0) is 21.6. The molecule has 0 aliphatic rings. The van der Waals surface area contributed by atoms with E-state index in [0.717, 1.165) is 35.3 Å². The topological polar surface area (TPSA) is 77.6 Å². The van der Waals surface area contributed by atoms with Crippen LogP contribution in [0.3, 0.4) is 0 Å². The van der Waals surface area contributed by atoms with Gasteiger partial charge in [0.2, 0.25) is 0 Å². The normalized spacial score (nSPS) is 10.9. The molecule has 4 rings (SSSR count). The Kier molecular flexibility index (Phi) is 6.16. The number of aromatic nitrogens is 5. The molecule has 0 saturated heterocycles. The first-order valence-electron chi connectivity index (χ1n) is 10.2. The van der Waals surface area contributed by atoms with Crippen LogP contribution in [0, 0.1) is 5.82 Å². The molecule has 0 bridgehead atoms. The minimum absolute atomic E-state index is 0.174. The molecule has 7 nitrogen and oxygen atoms in total. The molecule has 1 aromatic carbocycles. The second kappa shape index (κ2) is 9.34. The highest BCUT2D eigenvalue weighted by Gasteiger charge is 2.15. The van der Waals surface area contributed by atoms with Gasteiger partial charge < -0.3 is 5.32 Å². The van der Waals surface area contributed by atoms with E-state index in [1.54, 1.807) is 47.8 Å². The fraction of sp³-hybridized carbons (Fsp3) is 0.217. The van der Waals surface area contributed by atoms with Crippen molar-refractivity contribution in [3.8, 4) is 22.4 Å². The monoisotopic (exact) mass is 418 g/mol. The van der Waals surface area contributed by atoms with E-state index in [0.29, 0.717) is 18.7 Å². The van der Waals surface area contributed by atoms with Crippen LogP contribution >= 0.6 is 0 Å². The van der Waals surface area contributed by atoms with E-state index in [-0.39, 0.29) is 11.7 Å². The van der Waals surface area contributed by atoms with E-state index in [9.17, 15) is 9.18 Å². The summed E-state index contributed by atoms with van der Waals surface area (Å²) >= 11 is 0. The molecule has 0 radical (unpaired) electrons. The van der Waals surface area contributed by atoms with Gasteiger partial charge >= 0.3 is 0 Å². The minimum atomic E-state index is -0.295. The lowest BCUT2D eigenvalue weighted by Gasteiger charge is -2.11. The van der Waals surface area contributed by atoms with Crippen molar-refractivity contribution in [1.29, 1.82) is 0 Å². The summed E-state index contributed by atoms with van der Waals surface area (Å²) in [6, 6.07) is 10.1. The Balaban J connectivity index is 1.53. The Morgan fingerprint density at radius 2 is 1.77 bits per heavy atom. The molecule has 3 aromatic heterocycles. The molecule has 3 heterocycles. The third kappa shape index (κ3) is 4.69. The second-order valence-electron chi connectivity index (χ2n) is 7.12. The molecule has 158 valence electrons. The predicted octanol–water partition coefficient (Wildman–Crippen LogP) is 3.79. The number of rotatable bonds is 8. The van der Waals surface area contributed by atoms with Gasteiger partial charge in [0.1, 0.15) is 5.82 Å². The van der Waals surface area contributed by atoms with Gasteiger partial charge in [0.15, 0.2) is 0 Å².